The van der Waals surface area contributed by atoms with Gasteiger partial charge in [-0.2, -0.15) is 0 Å². The smallest absolute Gasteiger partial charge is 0.252 e. The number of halogens is 3. The number of benzene rings is 2. The number of rotatable bonds is 7. The zero-order chi connectivity index (χ0) is 19.8. The first-order chi connectivity index (χ1) is 12.8. The van der Waals surface area contributed by atoms with Gasteiger partial charge in [-0.15, -0.1) is 0 Å². The van der Waals surface area contributed by atoms with E-state index in [0.29, 0.717) is 10.7 Å². The number of carbonyl (C=O) groups is 3. The summed E-state index contributed by atoms with van der Waals surface area (Å²) in [7, 11) is 0. The van der Waals surface area contributed by atoms with Crippen molar-refractivity contribution >= 4 is 46.6 Å². The van der Waals surface area contributed by atoms with Crippen LogP contribution in [0, 0.1) is 5.82 Å². The second kappa shape index (κ2) is 9.89. The van der Waals surface area contributed by atoms with E-state index < -0.39 is 23.5 Å². The number of carbonyl (C=O) groups excluding carboxylic acids is 3. The van der Waals surface area contributed by atoms with Crippen molar-refractivity contribution in [2.75, 3.05) is 18.4 Å². The van der Waals surface area contributed by atoms with Crippen LogP contribution in [-0.4, -0.2) is 30.8 Å². The predicted octanol–water partition coefficient (Wildman–Crippen LogP) is 3.01. The maximum Gasteiger partial charge on any atom is 0.252 e. The van der Waals surface area contributed by atoms with Gasteiger partial charge in [-0.05, 0) is 42.5 Å². The van der Waals surface area contributed by atoms with Crippen LogP contribution in [0.1, 0.15) is 16.8 Å². The largest absolute Gasteiger partial charge is 0.351 e. The highest BCUT2D eigenvalue weighted by Gasteiger charge is 2.12. The molecule has 6 nitrogen and oxygen atoms in total. The van der Waals surface area contributed by atoms with Gasteiger partial charge in [0.15, 0.2) is 0 Å². The van der Waals surface area contributed by atoms with Crippen LogP contribution < -0.4 is 16.0 Å². The minimum absolute atomic E-state index is 0.0178. The molecule has 0 saturated carbocycles. The molecule has 0 radical (unpaired) electrons. The lowest BCUT2D eigenvalue weighted by Crippen LogP contribution is -2.35. The molecular formula is C18H16Cl2FN3O3. The molecular weight excluding hydrogens is 396 g/mol. The molecule has 0 aliphatic carbocycles. The first-order valence-electron chi connectivity index (χ1n) is 7.90. The molecule has 0 atom stereocenters. The third-order valence-corrected chi connectivity index (χ3v) is 3.95. The van der Waals surface area contributed by atoms with Gasteiger partial charge in [0.25, 0.3) is 5.91 Å². The standard InChI is InChI=1S/C18H16Cl2FN3O3/c19-11-1-4-13(5-2-11)24-17(26)10-23-16(25)7-8-22-18(27)14-6-3-12(21)9-15(14)20/h1-6,9H,7-8,10H2,(H,22,27)(H,23,25)(H,24,26). The minimum Gasteiger partial charge on any atom is -0.351 e. The van der Waals surface area contributed by atoms with Crippen LogP contribution in [0.4, 0.5) is 10.1 Å². The van der Waals surface area contributed by atoms with Crippen molar-refractivity contribution in [1.29, 1.82) is 0 Å². The molecule has 2 aromatic rings. The molecule has 3 amide bonds. The van der Waals surface area contributed by atoms with E-state index in [1.54, 1.807) is 24.3 Å². The molecule has 0 unspecified atom stereocenters. The van der Waals surface area contributed by atoms with Crippen molar-refractivity contribution in [1.82, 2.24) is 10.6 Å². The van der Waals surface area contributed by atoms with Gasteiger partial charge in [-0.3, -0.25) is 14.4 Å². The minimum atomic E-state index is -0.548. The van der Waals surface area contributed by atoms with Crippen molar-refractivity contribution in [2.24, 2.45) is 0 Å². The maximum absolute atomic E-state index is 13.0. The average molecular weight is 412 g/mol. The van der Waals surface area contributed by atoms with Crippen LogP contribution in [0.3, 0.4) is 0 Å². The normalized spacial score (nSPS) is 10.2. The lowest BCUT2D eigenvalue weighted by Gasteiger charge is -2.08. The summed E-state index contributed by atoms with van der Waals surface area (Å²) in [6, 6.07) is 9.94. The summed E-state index contributed by atoms with van der Waals surface area (Å²) in [5.41, 5.74) is 0.669. The highest BCUT2D eigenvalue weighted by Crippen LogP contribution is 2.17. The topological polar surface area (TPSA) is 87.3 Å². The Morgan fingerprint density at radius 1 is 0.926 bits per heavy atom. The fraction of sp³-hybridized carbons (Fsp3) is 0.167. The Kier molecular flexibility index (Phi) is 7.57. The van der Waals surface area contributed by atoms with Crippen molar-refractivity contribution < 1.29 is 18.8 Å². The number of hydrogen-bond donors (Lipinski definition) is 3. The maximum atomic E-state index is 13.0. The summed E-state index contributed by atoms with van der Waals surface area (Å²) in [6.07, 6.45) is -0.0290. The molecule has 0 aliphatic heterocycles. The molecule has 27 heavy (non-hydrogen) atoms. The highest BCUT2D eigenvalue weighted by molar-refractivity contribution is 6.33. The summed E-state index contributed by atoms with van der Waals surface area (Å²) < 4.78 is 13.0. The molecule has 142 valence electrons. The van der Waals surface area contributed by atoms with Crippen LogP contribution in [-0.2, 0) is 9.59 Å². The molecule has 2 aromatic carbocycles. The molecule has 0 aliphatic rings. The molecule has 0 heterocycles. The molecule has 3 N–H and O–H groups in total. The Morgan fingerprint density at radius 3 is 2.30 bits per heavy atom. The van der Waals surface area contributed by atoms with Gasteiger partial charge >= 0.3 is 0 Å². The molecule has 0 saturated heterocycles. The lowest BCUT2D eigenvalue weighted by molar-refractivity contribution is -0.124. The number of nitrogens with one attached hydrogen (secondary N) is 3. The molecule has 0 spiro atoms. The average Bonchev–Trinajstić information content (AvgIpc) is 2.62. The molecule has 9 heteroatoms. The van der Waals surface area contributed by atoms with E-state index in [1.807, 2.05) is 0 Å². The van der Waals surface area contributed by atoms with E-state index in [-0.39, 0.29) is 30.1 Å². The molecule has 2 rings (SSSR count). The van der Waals surface area contributed by atoms with Gasteiger partial charge < -0.3 is 16.0 Å². The van der Waals surface area contributed by atoms with Crippen molar-refractivity contribution in [3.63, 3.8) is 0 Å². The Morgan fingerprint density at radius 2 is 1.63 bits per heavy atom. The van der Waals surface area contributed by atoms with Gasteiger partial charge in [0.1, 0.15) is 5.82 Å². The Labute approximate surface area is 165 Å². The van der Waals surface area contributed by atoms with Crippen molar-refractivity contribution in [3.8, 4) is 0 Å². The van der Waals surface area contributed by atoms with Gasteiger partial charge in [0.2, 0.25) is 11.8 Å². The first-order valence-corrected chi connectivity index (χ1v) is 8.66. The van der Waals surface area contributed by atoms with E-state index in [2.05, 4.69) is 16.0 Å². The third-order valence-electron chi connectivity index (χ3n) is 3.39. The van der Waals surface area contributed by atoms with E-state index in [1.165, 1.54) is 6.07 Å². The number of amides is 3. The molecule has 0 fully saturated rings. The fourth-order valence-electron chi connectivity index (χ4n) is 2.06. The molecule has 0 aromatic heterocycles. The SMILES string of the molecule is O=C(CCNC(=O)c1ccc(F)cc1Cl)NCC(=O)Nc1ccc(Cl)cc1. The zero-order valence-corrected chi connectivity index (χ0v) is 15.5. The summed E-state index contributed by atoms with van der Waals surface area (Å²) in [5, 5.41) is 8.08. The highest BCUT2D eigenvalue weighted by atomic mass is 35.5. The van der Waals surface area contributed by atoms with Gasteiger partial charge in [0, 0.05) is 23.7 Å². The van der Waals surface area contributed by atoms with Gasteiger partial charge in [-0.1, -0.05) is 23.2 Å². The summed E-state index contributed by atoms with van der Waals surface area (Å²) in [6.45, 7) is -0.170. The van der Waals surface area contributed by atoms with Crippen LogP contribution in [0.5, 0.6) is 0 Å². The molecule has 0 bridgehead atoms. The second-order valence-corrected chi connectivity index (χ2v) is 6.31. The van der Waals surface area contributed by atoms with E-state index >= 15 is 0 Å². The van der Waals surface area contributed by atoms with E-state index in [4.69, 9.17) is 23.2 Å². The van der Waals surface area contributed by atoms with Gasteiger partial charge in [0.05, 0.1) is 17.1 Å². The van der Waals surface area contributed by atoms with Crippen molar-refractivity contribution in [3.05, 3.63) is 63.9 Å². The van der Waals surface area contributed by atoms with E-state index in [0.717, 1.165) is 12.1 Å². The van der Waals surface area contributed by atoms with Crippen molar-refractivity contribution in [2.45, 2.75) is 6.42 Å². The quantitative estimate of drug-likeness (QED) is 0.654. The number of anilines is 1. The number of hydrogen-bond acceptors (Lipinski definition) is 3. The monoisotopic (exact) mass is 411 g/mol. The summed E-state index contributed by atoms with van der Waals surface area (Å²) in [4.78, 5) is 35.4. The second-order valence-electron chi connectivity index (χ2n) is 5.46. The zero-order valence-electron chi connectivity index (χ0n) is 14.0. The van der Waals surface area contributed by atoms with Crippen LogP contribution in [0.25, 0.3) is 0 Å². The van der Waals surface area contributed by atoms with Gasteiger partial charge in [-0.25, -0.2) is 4.39 Å². The van der Waals surface area contributed by atoms with E-state index in [9.17, 15) is 18.8 Å². The predicted molar refractivity (Wildman–Crippen MR) is 101 cm³/mol. The Balaban J connectivity index is 1.69. The summed E-state index contributed by atoms with van der Waals surface area (Å²) in [5.74, 6) is -1.87. The van der Waals surface area contributed by atoms with Crippen LogP contribution in [0.15, 0.2) is 42.5 Å². The summed E-state index contributed by atoms with van der Waals surface area (Å²) >= 11 is 11.5. The first kappa shape index (κ1) is 20.7. The fourth-order valence-corrected chi connectivity index (χ4v) is 2.44. The third kappa shape index (κ3) is 6.88. The lowest BCUT2D eigenvalue weighted by atomic mass is 10.2. The van der Waals surface area contributed by atoms with Crippen LogP contribution >= 0.6 is 23.2 Å². The Hall–Kier alpha value is -2.64. The van der Waals surface area contributed by atoms with Crippen LogP contribution in [0.2, 0.25) is 10.0 Å². The Bertz CT molecular complexity index is 844.